The predicted molar refractivity (Wildman–Crippen MR) is 146 cm³/mol. The van der Waals surface area contributed by atoms with Crippen molar-refractivity contribution in [2.24, 2.45) is 0 Å². The Morgan fingerprint density at radius 2 is 0.794 bits per heavy atom. The van der Waals surface area contributed by atoms with Gasteiger partial charge in [0.15, 0.2) is 0 Å². The number of rotatable bonds is 7. The highest BCUT2D eigenvalue weighted by atomic mass is 31.2. The van der Waals surface area contributed by atoms with Crippen LogP contribution < -0.4 is 20.7 Å². The van der Waals surface area contributed by atoms with E-state index in [-0.39, 0.29) is 5.66 Å². The lowest BCUT2D eigenvalue weighted by molar-refractivity contribution is 0.414. The molecule has 0 radical (unpaired) electrons. The molecule has 0 N–H and O–H groups in total. The molecule has 0 spiro atoms. The summed E-state index contributed by atoms with van der Waals surface area (Å²) in [5.74, 6) is 0.874. The second kappa shape index (κ2) is 10.1. The van der Waals surface area contributed by atoms with Crippen molar-refractivity contribution in [1.29, 1.82) is 0 Å². The molecule has 1 atom stereocenters. The van der Waals surface area contributed by atoms with Crippen LogP contribution in [-0.2, 0) is 0 Å². The van der Waals surface area contributed by atoms with E-state index in [1.54, 1.807) is 7.11 Å². The van der Waals surface area contributed by atoms with E-state index in [0.29, 0.717) is 0 Å². The summed E-state index contributed by atoms with van der Waals surface area (Å²) in [4.78, 5) is 0. The van der Waals surface area contributed by atoms with E-state index in [2.05, 4.69) is 146 Å². The van der Waals surface area contributed by atoms with Crippen LogP contribution in [0.4, 0.5) is 0 Å². The van der Waals surface area contributed by atoms with Gasteiger partial charge in [-0.15, -0.1) is 0 Å². The fourth-order valence-electron chi connectivity index (χ4n) is 4.95. The number of hydrogen-bond acceptors (Lipinski definition) is 1. The molecule has 0 saturated carbocycles. The van der Waals surface area contributed by atoms with E-state index in [4.69, 9.17) is 4.74 Å². The first-order chi connectivity index (χ1) is 16.8. The average Bonchev–Trinajstić information content (AvgIpc) is 2.94. The lowest BCUT2D eigenvalue weighted by Crippen LogP contribution is -2.35. The van der Waals surface area contributed by atoms with Crippen LogP contribution in [0.3, 0.4) is 0 Å². The van der Waals surface area contributed by atoms with Crippen molar-refractivity contribution in [1.82, 2.24) is 0 Å². The molecule has 34 heavy (non-hydrogen) atoms. The molecule has 0 bridgehead atoms. The zero-order valence-electron chi connectivity index (χ0n) is 19.3. The quantitative estimate of drug-likeness (QED) is 0.244. The Labute approximate surface area is 203 Å². The maximum absolute atomic E-state index is 5.50. The fraction of sp³-hybridized carbons (Fsp3) is 0.0625. The maximum atomic E-state index is 5.50. The first-order valence-corrected chi connectivity index (χ1v) is 13.4. The second-order valence-electron chi connectivity index (χ2n) is 8.32. The number of ether oxygens (including phenoxy) is 1. The lowest BCUT2D eigenvalue weighted by Gasteiger charge is -2.35. The minimum absolute atomic E-state index is 0.145. The van der Waals surface area contributed by atoms with Crippen molar-refractivity contribution in [2.45, 2.75) is 5.66 Å². The molecule has 2 heteroatoms. The van der Waals surface area contributed by atoms with Gasteiger partial charge in [0.2, 0.25) is 0 Å². The largest absolute Gasteiger partial charge is 0.497 e. The Morgan fingerprint density at radius 3 is 1.18 bits per heavy atom. The van der Waals surface area contributed by atoms with Gasteiger partial charge in [-0.05, 0) is 59.7 Å². The van der Waals surface area contributed by atoms with Gasteiger partial charge in [0.05, 0.1) is 7.11 Å². The highest BCUT2D eigenvalue weighted by molar-refractivity contribution is 7.96. The van der Waals surface area contributed by atoms with Crippen molar-refractivity contribution in [3.8, 4) is 5.75 Å². The third kappa shape index (κ3) is 4.04. The van der Waals surface area contributed by atoms with Gasteiger partial charge >= 0.3 is 0 Å². The molecule has 0 fully saturated rings. The summed E-state index contributed by atoms with van der Waals surface area (Å²) in [5.41, 5.74) is 2.75. The number of hydrogen-bond donors (Lipinski definition) is 0. The van der Waals surface area contributed by atoms with Crippen LogP contribution in [0.15, 0.2) is 146 Å². The molecule has 5 aromatic carbocycles. The van der Waals surface area contributed by atoms with Gasteiger partial charge in [-0.25, -0.2) is 0 Å². The van der Waals surface area contributed by atoms with Gasteiger partial charge in [-0.1, -0.05) is 97.1 Å². The van der Waals surface area contributed by atoms with Crippen molar-refractivity contribution < 1.29 is 4.74 Å². The van der Waals surface area contributed by atoms with E-state index in [1.165, 1.54) is 27.0 Å². The average molecular weight is 460 g/mol. The number of benzene rings is 5. The van der Waals surface area contributed by atoms with Crippen LogP contribution in [0.25, 0.3) is 0 Å². The van der Waals surface area contributed by atoms with E-state index in [1.807, 2.05) is 0 Å². The number of methoxy groups -OCH3 is 1. The predicted octanol–water partition coefficient (Wildman–Crippen LogP) is 6.78. The molecule has 1 nitrogen and oxygen atoms in total. The SMILES string of the molecule is COc1ccc(C(c2ccccc2)[P+](c2ccccc2)(c2ccccc2)c2ccccc2)cc1. The third-order valence-electron chi connectivity index (χ3n) is 6.42. The smallest absolute Gasteiger partial charge is 0.134 e. The minimum atomic E-state index is -2.17. The minimum Gasteiger partial charge on any atom is -0.497 e. The molecule has 0 aliphatic carbocycles. The van der Waals surface area contributed by atoms with Crippen molar-refractivity contribution in [2.75, 3.05) is 7.11 Å². The fourth-order valence-corrected chi connectivity index (χ4v) is 9.90. The summed E-state index contributed by atoms with van der Waals surface area (Å²) in [6.45, 7) is 0. The monoisotopic (exact) mass is 459 g/mol. The van der Waals surface area contributed by atoms with Crippen molar-refractivity contribution in [3.63, 3.8) is 0 Å². The molecule has 5 rings (SSSR count). The van der Waals surface area contributed by atoms with Gasteiger partial charge < -0.3 is 4.74 Å². The second-order valence-corrected chi connectivity index (χ2v) is 11.8. The summed E-state index contributed by atoms with van der Waals surface area (Å²) < 4.78 is 5.50. The van der Waals surface area contributed by atoms with E-state index in [0.717, 1.165) is 5.75 Å². The molecule has 1 unspecified atom stereocenters. The zero-order chi connectivity index (χ0) is 23.2. The Balaban J connectivity index is 1.91. The first kappa shape index (κ1) is 22.1. The molecule has 0 aromatic heterocycles. The van der Waals surface area contributed by atoms with Gasteiger partial charge in [-0.2, -0.15) is 0 Å². The summed E-state index contributed by atoms with van der Waals surface area (Å²) in [6.07, 6.45) is 0. The van der Waals surface area contributed by atoms with Crippen LogP contribution >= 0.6 is 7.26 Å². The van der Waals surface area contributed by atoms with Gasteiger partial charge in [0.1, 0.15) is 34.6 Å². The highest BCUT2D eigenvalue weighted by Gasteiger charge is 2.53. The Morgan fingerprint density at radius 1 is 0.441 bits per heavy atom. The molecule has 0 saturated heterocycles. The molecule has 0 aliphatic rings. The normalized spacial score (nSPS) is 12.1. The van der Waals surface area contributed by atoms with E-state index in [9.17, 15) is 0 Å². The highest BCUT2D eigenvalue weighted by Crippen LogP contribution is 2.68. The first-order valence-electron chi connectivity index (χ1n) is 11.6. The molecular weight excluding hydrogens is 431 g/mol. The molecule has 0 heterocycles. The standard InChI is InChI=1S/C32H28OP/c1-33-28-24-22-27(23-25-28)32(26-14-6-2-7-15-26)34(29-16-8-3-9-17-29,30-18-10-4-11-19-30)31-20-12-5-13-21-31/h2-25,32H,1H3/q+1. The van der Waals surface area contributed by atoms with Crippen LogP contribution in [0, 0.1) is 0 Å². The van der Waals surface area contributed by atoms with Gasteiger partial charge in [-0.3, -0.25) is 0 Å². The Kier molecular flexibility index (Phi) is 6.56. The van der Waals surface area contributed by atoms with Crippen LogP contribution in [0.2, 0.25) is 0 Å². The summed E-state index contributed by atoms with van der Waals surface area (Å²) in [6, 6.07) is 52.8. The van der Waals surface area contributed by atoms with E-state index >= 15 is 0 Å². The third-order valence-corrected chi connectivity index (χ3v) is 11.1. The molecular formula is C32H28OP+. The lowest BCUT2D eigenvalue weighted by atomic mass is 10.0. The summed E-state index contributed by atoms with van der Waals surface area (Å²) >= 11 is 0. The molecule has 0 amide bonds. The summed E-state index contributed by atoms with van der Waals surface area (Å²) in [7, 11) is -0.450. The van der Waals surface area contributed by atoms with Crippen molar-refractivity contribution >= 4 is 23.2 Å². The Hall–Kier alpha value is -3.67. The van der Waals surface area contributed by atoms with Gasteiger partial charge in [0, 0.05) is 0 Å². The molecule has 5 aromatic rings. The van der Waals surface area contributed by atoms with E-state index < -0.39 is 7.26 Å². The maximum Gasteiger partial charge on any atom is 0.134 e. The zero-order valence-corrected chi connectivity index (χ0v) is 20.2. The van der Waals surface area contributed by atoms with Crippen molar-refractivity contribution in [3.05, 3.63) is 157 Å². The summed E-state index contributed by atoms with van der Waals surface area (Å²) in [5, 5.41) is 4.12. The molecule has 0 aliphatic heterocycles. The van der Waals surface area contributed by atoms with Crippen LogP contribution in [0.5, 0.6) is 5.75 Å². The van der Waals surface area contributed by atoms with Crippen LogP contribution in [0.1, 0.15) is 16.8 Å². The van der Waals surface area contributed by atoms with Gasteiger partial charge in [0.25, 0.3) is 0 Å². The topological polar surface area (TPSA) is 9.23 Å². The Bertz CT molecular complexity index is 1210. The van der Waals surface area contributed by atoms with Crippen LogP contribution in [-0.4, -0.2) is 7.11 Å². The molecule has 166 valence electrons.